The van der Waals surface area contributed by atoms with Gasteiger partial charge in [-0.05, 0) is 18.8 Å². The minimum Gasteiger partial charge on any atom is -0.411 e. The first kappa shape index (κ1) is 12.5. The van der Waals surface area contributed by atoms with Gasteiger partial charge in [-0.2, -0.15) is 0 Å². The molecule has 0 bridgehead atoms. The van der Waals surface area contributed by atoms with Gasteiger partial charge in [0.25, 0.3) is 0 Å². The zero-order valence-corrected chi connectivity index (χ0v) is 9.83. The van der Waals surface area contributed by atoms with Gasteiger partial charge in [0.05, 0.1) is 0 Å². The van der Waals surface area contributed by atoms with E-state index < -0.39 is 0 Å². The average Bonchev–Trinajstić information content (AvgIpc) is 2.22. The number of hydrogen-bond acceptors (Lipinski definition) is 2. The van der Waals surface area contributed by atoms with Crippen LogP contribution in [-0.2, 0) is 0 Å². The summed E-state index contributed by atoms with van der Waals surface area (Å²) in [5, 5.41) is 11.8. The van der Waals surface area contributed by atoms with Crippen molar-refractivity contribution >= 4 is 6.21 Å². The number of rotatable bonds is 1. The largest absolute Gasteiger partial charge is 0.411 e. The Labute approximate surface area is 93.8 Å². The van der Waals surface area contributed by atoms with E-state index >= 15 is 0 Å². The number of hydrogen-bond donors (Lipinski definition) is 1. The van der Waals surface area contributed by atoms with E-state index in [2.05, 4.69) is 5.16 Å². The van der Waals surface area contributed by atoms with Crippen LogP contribution in [0.1, 0.15) is 70.6 Å². The normalized spacial score (nSPS) is 23.5. The summed E-state index contributed by atoms with van der Waals surface area (Å²) < 4.78 is 0. The maximum atomic E-state index is 8.58. The number of nitrogens with zero attached hydrogens (tertiary/aromatic N) is 1. The highest BCUT2D eigenvalue weighted by atomic mass is 16.4. The summed E-state index contributed by atoms with van der Waals surface area (Å²) >= 11 is 0. The average molecular weight is 211 g/mol. The van der Waals surface area contributed by atoms with Crippen molar-refractivity contribution < 1.29 is 5.21 Å². The molecule has 1 fully saturated rings. The molecule has 1 aliphatic carbocycles. The zero-order valence-electron chi connectivity index (χ0n) is 9.83. The molecule has 15 heavy (non-hydrogen) atoms. The van der Waals surface area contributed by atoms with Crippen LogP contribution in [0.25, 0.3) is 0 Å². The van der Waals surface area contributed by atoms with E-state index in [0.717, 1.165) is 0 Å². The summed E-state index contributed by atoms with van der Waals surface area (Å²) in [5.74, 6) is 0.523. The third kappa shape index (κ3) is 6.53. The van der Waals surface area contributed by atoms with Crippen LogP contribution < -0.4 is 0 Å². The summed E-state index contributed by atoms with van der Waals surface area (Å²) in [6.45, 7) is 0. The molecule has 1 N–H and O–H groups in total. The van der Waals surface area contributed by atoms with Crippen molar-refractivity contribution in [3.63, 3.8) is 0 Å². The van der Waals surface area contributed by atoms with Crippen molar-refractivity contribution in [2.24, 2.45) is 11.1 Å². The predicted octanol–water partition coefficient (Wildman–Crippen LogP) is 4.37. The van der Waals surface area contributed by atoms with Gasteiger partial charge in [0.15, 0.2) is 0 Å². The lowest BCUT2D eigenvalue weighted by Gasteiger charge is -2.12. The highest BCUT2D eigenvalue weighted by Crippen LogP contribution is 2.19. The van der Waals surface area contributed by atoms with Gasteiger partial charge in [0.1, 0.15) is 0 Å². The molecule has 0 unspecified atom stereocenters. The first-order valence-corrected chi connectivity index (χ1v) is 6.61. The third-order valence-corrected chi connectivity index (χ3v) is 3.43. The monoisotopic (exact) mass is 211 g/mol. The molecular weight excluding hydrogens is 186 g/mol. The fourth-order valence-electron chi connectivity index (χ4n) is 2.44. The van der Waals surface area contributed by atoms with Crippen LogP contribution in [0.5, 0.6) is 0 Å². The second kappa shape index (κ2) is 8.75. The standard InChI is InChI=1S/C13H25NO/c15-14-12-13-10-8-6-4-2-1-3-5-7-9-11-13/h12-13,15H,1-11H2. The molecular formula is C13H25NO. The fourth-order valence-corrected chi connectivity index (χ4v) is 2.44. The Morgan fingerprint density at radius 3 is 1.53 bits per heavy atom. The summed E-state index contributed by atoms with van der Waals surface area (Å²) in [6, 6.07) is 0. The molecule has 0 radical (unpaired) electrons. The Hall–Kier alpha value is -0.530. The second-order valence-electron chi connectivity index (χ2n) is 4.78. The molecule has 0 atom stereocenters. The number of oxime groups is 1. The minimum absolute atomic E-state index is 0.523. The SMILES string of the molecule is ON=CC1CCCCCCCCCCC1. The predicted molar refractivity (Wildman–Crippen MR) is 64.6 cm³/mol. The fraction of sp³-hybridized carbons (Fsp3) is 0.923. The van der Waals surface area contributed by atoms with Crippen LogP contribution in [-0.4, -0.2) is 11.4 Å². The zero-order chi connectivity index (χ0) is 10.8. The summed E-state index contributed by atoms with van der Waals surface area (Å²) in [7, 11) is 0. The molecule has 0 aromatic rings. The van der Waals surface area contributed by atoms with E-state index in [1.165, 1.54) is 70.6 Å². The quantitative estimate of drug-likeness (QED) is 0.390. The van der Waals surface area contributed by atoms with Gasteiger partial charge in [-0.25, -0.2) is 0 Å². The van der Waals surface area contributed by atoms with Crippen LogP contribution >= 0.6 is 0 Å². The highest BCUT2D eigenvalue weighted by Gasteiger charge is 2.06. The molecule has 1 saturated carbocycles. The van der Waals surface area contributed by atoms with Gasteiger partial charge in [0.2, 0.25) is 0 Å². The van der Waals surface area contributed by atoms with Crippen LogP contribution in [0, 0.1) is 5.92 Å². The maximum absolute atomic E-state index is 8.58. The Kier molecular flexibility index (Phi) is 7.32. The molecule has 1 aliphatic rings. The minimum atomic E-state index is 0.523. The maximum Gasteiger partial charge on any atom is 0.0466 e. The highest BCUT2D eigenvalue weighted by molar-refractivity contribution is 5.59. The molecule has 0 aromatic heterocycles. The van der Waals surface area contributed by atoms with Crippen molar-refractivity contribution in [1.29, 1.82) is 0 Å². The van der Waals surface area contributed by atoms with Crippen molar-refractivity contribution in [2.75, 3.05) is 0 Å². The Morgan fingerprint density at radius 1 is 0.733 bits per heavy atom. The van der Waals surface area contributed by atoms with Gasteiger partial charge in [-0.1, -0.05) is 57.8 Å². The van der Waals surface area contributed by atoms with Gasteiger partial charge >= 0.3 is 0 Å². The lowest BCUT2D eigenvalue weighted by Crippen LogP contribution is -2.03. The second-order valence-corrected chi connectivity index (χ2v) is 4.78. The van der Waals surface area contributed by atoms with Gasteiger partial charge < -0.3 is 5.21 Å². The van der Waals surface area contributed by atoms with Gasteiger partial charge in [-0.3, -0.25) is 0 Å². The molecule has 0 saturated heterocycles. The Balaban J connectivity index is 2.25. The van der Waals surface area contributed by atoms with Gasteiger partial charge in [0, 0.05) is 6.21 Å². The Bertz CT molecular complexity index is 156. The van der Waals surface area contributed by atoms with E-state index in [0.29, 0.717) is 5.92 Å². The van der Waals surface area contributed by atoms with E-state index in [1.54, 1.807) is 6.21 Å². The smallest absolute Gasteiger partial charge is 0.0466 e. The van der Waals surface area contributed by atoms with E-state index in [-0.39, 0.29) is 0 Å². The summed E-state index contributed by atoms with van der Waals surface area (Å²) in [6.07, 6.45) is 16.5. The van der Waals surface area contributed by atoms with Crippen molar-refractivity contribution in [2.45, 2.75) is 70.6 Å². The van der Waals surface area contributed by atoms with E-state index in [9.17, 15) is 0 Å². The molecule has 2 nitrogen and oxygen atoms in total. The van der Waals surface area contributed by atoms with Gasteiger partial charge in [-0.15, -0.1) is 5.16 Å². The van der Waals surface area contributed by atoms with E-state index in [4.69, 9.17) is 5.21 Å². The molecule has 0 aliphatic heterocycles. The molecule has 2 heteroatoms. The van der Waals surface area contributed by atoms with Crippen LogP contribution in [0.2, 0.25) is 0 Å². The van der Waals surface area contributed by atoms with Crippen LogP contribution in [0.3, 0.4) is 0 Å². The van der Waals surface area contributed by atoms with Crippen molar-refractivity contribution in [3.8, 4) is 0 Å². The lowest BCUT2D eigenvalue weighted by atomic mass is 9.94. The molecule has 0 spiro atoms. The van der Waals surface area contributed by atoms with Crippen molar-refractivity contribution in [3.05, 3.63) is 0 Å². The molecule has 0 heterocycles. The lowest BCUT2D eigenvalue weighted by molar-refractivity contribution is 0.316. The summed E-state index contributed by atoms with van der Waals surface area (Å²) in [5.41, 5.74) is 0. The topological polar surface area (TPSA) is 32.6 Å². The molecule has 0 aromatic carbocycles. The van der Waals surface area contributed by atoms with E-state index in [1.807, 2.05) is 0 Å². The molecule has 0 amide bonds. The molecule has 88 valence electrons. The summed E-state index contributed by atoms with van der Waals surface area (Å²) in [4.78, 5) is 0. The first-order chi connectivity index (χ1) is 7.43. The van der Waals surface area contributed by atoms with Crippen LogP contribution in [0.4, 0.5) is 0 Å². The molecule has 1 rings (SSSR count). The van der Waals surface area contributed by atoms with Crippen LogP contribution in [0.15, 0.2) is 5.16 Å². The Morgan fingerprint density at radius 2 is 1.13 bits per heavy atom. The van der Waals surface area contributed by atoms with Crippen molar-refractivity contribution in [1.82, 2.24) is 0 Å². The third-order valence-electron chi connectivity index (χ3n) is 3.43. The first-order valence-electron chi connectivity index (χ1n) is 6.61.